The zero-order valence-corrected chi connectivity index (χ0v) is 10.5. The number of pyridine rings is 1. The molecule has 0 radical (unpaired) electrons. The molecule has 1 aliphatic rings. The SMILES string of the molecule is CNC1CN(c2ncnc(-c3cccnc3)c2F)C1. The van der Waals surface area contributed by atoms with E-state index >= 15 is 0 Å². The minimum Gasteiger partial charge on any atom is -0.351 e. The second-order valence-corrected chi connectivity index (χ2v) is 4.49. The van der Waals surface area contributed by atoms with Gasteiger partial charge in [0.15, 0.2) is 11.6 Å². The first kappa shape index (κ1) is 12.0. The van der Waals surface area contributed by atoms with Crippen LogP contribution >= 0.6 is 0 Å². The Hall–Kier alpha value is -2.08. The van der Waals surface area contributed by atoms with E-state index in [9.17, 15) is 4.39 Å². The number of nitrogens with zero attached hydrogens (tertiary/aromatic N) is 4. The van der Waals surface area contributed by atoms with Gasteiger partial charge in [0.05, 0.1) is 0 Å². The van der Waals surface area contributed by atoms with Crippen molar-refractivity contribution in [3.8, 4) is 11.3 Å². The first-order valence-electron chi connectivity index (χ1n) is 6.12. The summed E-state index contributed by atoms with van der Waals surface area (Å²) < 4.78 is 14.4. The number of hydrogen-bond acceptors (Lipinski definition) is 5. The molecule has 0 unspecified atom stereocenters. The fourth-order valence-electron chi connectivity index (χ4n) is 2.12. The summed E-state index contributed by atoms with van der Waals surface area (Å²) in [6.45, 7) is 1.52. The van der Waals surface area contributed by atoms with E-state index in [0.29, 0.717) is 23.1 Å². The van der Waals surface area contributed by atoms with E-state index in [0.717, 1.165) is 13.1 Å². The summed E-state index contributed by atoms with van der Waals surface area (Å²) in [4.78, 5) is 14.0. The normalized spacial score (nSPS) is 15.4. The predicted octanol–water partition coefficient (Wildman–Crippen LogP) is 1.09. The van der Waals surface area contributed by atoms with Gasteiger partial charge in [-0.2, -0.15) is 0 Å². The average Bonchev–Trinajstić information content (AvgIpc) is 2.40. The van der Waals surface area contributed by atoms with Crippen molar-refractivity contribution in [3.05, 3.63) is 36.7 Å². The highest BCUT2D eigenvalue weighted by Gasteiger charge is 2.29. The maximum absolute atomic E-state index is 14.4. The van der Waals surface area contributed by atoms with Crippen molar-refractivity contribution < 1.29 is 4.39 Å². The van der Waals surface area contributed by atoms with Crippen molar-refractivity contribution in [1.29, 1.82) is 0 Å². The fourth-order valence-corrected chi connectivity index (χ4v) is 2.12. The summed E-state index contributed by atoms with van der Waals surface area (Å²) >= 11 is 0. The standard InChI is InChI=1S/C13H14FN5/c1-15-10-6-19(7-10)13-11(14)12(17-8-18-13)9-3-2-4-16-5-9/h2-5,8,10,15H,6-7H2,1H3. The van der Waals surface area contributed by atoms with Gasteiger partial charge in [-0.05, 0) is 19.2 Å². The van der Waals surface area contributed by atoms with Crippen molar-refractivity contribution in [1.82, 2.24) is 20.3 Å². The van der Waals surface area contributed by atoms with Gasteiger partial charge in [-0.3, -0.25) is 4.98 Å². The van der Waals surface area contributed by atoms with Crippen molar-refractivity contribution in [2.75, 3.05) is 25.0 Å². The number of aromatic nitrogens is 3. The lowest BCUT2D eigenvalue weighted by atomic mass is 10.1. The van der Waals surface area contributed by atoms with Gasteiger partial charge in [-0.15, -0.1) is 0 Å². The van der Waals surface area contributed by atoms with Gasteiger partial charge in [0.1, 0.15) is 12.0 Å². The summed E-state index contributed by atoms with van der Waals surface area (Å²) in [7, 11) is 1.90. The molecule has 0 bridgehead atoms. The Balaban J connectivity index is 1.92. The van der Waals surface area contributed by atoms with Crippen LogP contribution in [0.3, 0.4) is 0 Å². The van der Waals surface area contributed by atoms with Crippen LogP contribution in [-0.2, 0) is 0 Å². The summed E-state index contributed by atoms with van der Waals surface area (Å²) in [5.74, 6) is -0.0228. The van der Waals surface area contributed by atoms with Gasteiger partial charge >= 0.3 is 0 Å². The van der Waals surface area contributed by atoms with Crippen molar-refractivity contribution >= 4 is 5.82 Å². The molecule has 5 nitrogen and oxygen atoms in total. The predicted molar refractivity (Wildman–Crippen MR) is 70.3 cm³/mol. The molecule has 98 valence electrons. The second-order valence-electron chi connectivity index (χ2n) is 4.49. The van der Waals surface area contributed by atoms with E-state index in [-0.39, 0.29) is 5.82 Å². The van der Waals surface area contributed by atoms with Crippen LogP contribution in [0.5, 0.6) is 0 Å². The van der Waals surface area contributed by atoms with Crippen LogP contribution in [0.4, 0.5) is 10.2 Å². The molecule has 1 aliphatic heterocycles. The molecule has 0 aliphatic carbocycles. The number of rotatable bonds is 3. The Morgan fingerprint density at radius 1 is 1.37 bits per heavy atom. The number of anilines is 1. The number of nitrogens with one attached hydrogen (secondary N) is 1. The first-order valence-corrected chi connectivity index (χ1v) is 6.12. The maximum atomic E-state index is 14.4. The Labute approximate surface area is 110 Å². The lowest BCUT2D eigenvalue weighted by molar-refractivity contribution is 0.438. The van der Waals surface area contributed by atoms with Gasteiger partial charge in [0, 0.05) is 37.1 Å². The van der Waals surface area contributed by atoms with Crippen molar-refractivity contribution in [2.45, 2.75) is 6.04 Å². The van der Waals surface area contributed by atoms with Crippen LogP contribution in [0.1, 0.15) is 0 Å². The van der Waals surface area contributed by atoms with Crippen LogP contribution in [0.2, 0.25) is 0 Å². The molecule has 3 heterocycles. The Bertz CT molecular complexity index is 569. The molecular formula is C13H14FN5. The number of hydrogen-bond donors (Lipinski definition) is 1. The Morgan fingerprint density at radius 3 is 2.89 bits per heavy atom. The number of halogens is 1. The highest BCUT2D eigenvalue weighted by Crippen LogP contribution is 2.27. The Morgan fingerprint density at radius 2 is 2.21 bits per heavy atom. The van der Waals surface area contributed by atoms with E-state index in [4.69, 9.17) is 0 Å². The van der Waals surface area contributed by atoms with E-state index in [2.05, 4.69) is 20.3 Å². The molecule has 0 amide bonds. The molecule has 1 N–H and O–H groups in total. The van der Waals surface area contributed by atoms with E-state index < -0.39 is 0 Å². The Kier molecular flexibility index (Phi) is 3.08. The number of likely N-dealkylation sites (N-methyl/N-ethyl adjacent to an activating group) is 1. The third-order valence-corrected chi connectivity index (χ3v) is 3.30. The van der Waals surface area contributed by atoms with E-state index in [1.807, 2.05) is 11.9 Å². The lowest BCUT2D eigenvalue weighted by Crippen LogP contribution is -2.57. The van der Waals surface area contributed by atoms with E-state index in [1.165, 1.54) is 6.33 Å². The first-order chi connectivity index (χ1) is 9.29. The summed E-state index contributed by atoms with van der Waals surface area (Å²) in [6.07, 6.45) is 4.64. The van der Waals surface area contributed by atoms with Gasteiger partial charge in [0.25, 0.3) is 0 Å². The molecular weight excluding hydrogens is 245 g/mol. The zero-order valence-electron chi connectivity index (χ0n) is 10.5. The lowest BCUT2D eigenvalue weighted by Gasteiger charge is -2.40. The van der Waals surface area contributed by atoms with Gasteiger partial charge < -0.3 is 10.2 Å². The molecule has 2 aromatic rings. The monoisotopic (exact) mass is 259 g/mol. The zero-order chi connectivity index (χ0) is 13.2. The van der Waals surface area contributed by atoms with Gasteiger partial charge in [-0.25, -0.2) is 14.4 Å². The molecule has 0 spiro atoms. The van der Waals surface area contributed by atoms with Crippen LogP contribution in [-0.4, -0.2) is 41.1 Å². The molecule has 6 heteroatoms. The molecule has 3 rings (SSSR count). The summed E-state index contributed by atoms with van der Waals surface area (Å²) in [6, 6.07) is 3.95. The average molecular weight is 259 g/mol. The highest BCUT2D eigenvalue weighted by molar-refractivity contribution is 5.63. The minimum atomic E-state index is -0.384. The smallest absolute Gasteiger partial charge is 0.191 e. The van der Waals surface area contributed by atoms with Gasteiger partial charge in [-0.1, -0.05) is 0 Å². The topological polar surface area (TPSA) is 53.9 Å². The fraction of sp³-hybridized carbons (Fsp3) is 0.308. The van der Waals surface area contributed by atoms with Crippen LogP contribution in [0.25, 0.3) is 11.3 Å². The third kappa shape index (κ3) is 2.15. The minimum absolute atomic E-state index is 0.297. The molecule has 0 aromatic carbocycles. The van der Waals surface area contributed by atoms with Crippen molar-refractivity contribution in [2.24, 2.45) is 0 Å². The molecule has 2 aromatic heterocycles. The van der Waals surface area contributed by atoms with Crippen molar-refractivity contribution in [3.63, 3.8) is 0 Å². The maximum Gasteiger partial charge on any atom is 0.191 e. The molecule has 1 fully saturated rings. The molecule has 19 heavy (non-hydrogen) atoms. The summed E-state index contributed by atoms with van der Waals surface area (Å²) in [5, 5.41) is 3.15. The highest BCUT2D eigenvalue weighted by atomic mass is 19.1. The quantitative estimate of drug-likeness (QED) is 0.894. The molecule has 0 saturated carbocycles. The van der Waals surface area contributed by atoms with Gasteiger partial charge in [0.2, 0.25) is 0 Å². The van der Waals surface area contributed by atoms with Crippen LogP contribution < -0.4 is 10.2 Å². The summed E-state index contributed by atoms with van der Waals surface area (Å²) in [5.41, 5.74) is 0.959. The largest absolute Gasteiger partial charge is 0.351 e. The van der Waals surface area contributed by atoms with Crippen LogP contribution in [0, 0.1) is 5.82 Å². The van der Waals surface area contributed by atoms with Crippen LogP contribution in [0.15, 0.2) is 30.9 Å². The molecule has 1 saturated heterocycles. The second kappa shape index (κ2) is 4.89. The third-order valence-electron chi connectivity index (χ3n) is 3.30. The van der Waals surface area contributed by atoms with E-state index in [1.54, 1.807) is 24.5 Å². The molecule has 0 atom stereocenters.